The van der Waals surface area contributed by atoms with Crippen LogP contribution in [-0.2, 0) is 6.54 Å². The molecule has 1 saturated heterocycles. The normalized spacial score (nSPS) is 17.2. The van der Waals surface area contributed by atoms with Crippen LogP contribution in [0, 0.1) is 0 Å². The van der Waals surface area contributed by atoms with Crippen molar-refractivity contribution in [1.29, 1.82) is 0 Å². The van der Waals surface area contributed by atoms with Gasteiger partial charge < -0.3 is 10.2 Å². The Balaban J connectivity index is 1.43. The molecule has 0 aromatic carbocycles. The van der Waals surface area contributed by atoms with Gasteiger partial charge in [0.1, 0.15) is 0 Å². The van der Waals surface area contributed by atoms with Gasteiger partial charge in [-0.2, -0.15) is 0 Å². The van der Waals surface area contributed by atoms with Crippen LogP contribution < -0.4 is 5.32 Å². The minimum absolute atomic E-state index is 1.03. The van der Waals surface area contributed by atoms with E-state index in [1.807, 2.05) is 22.7 Å². The highest BCUT2D eigenvalue weighted by Crippen LogP contribution is 2.29. The van der Waals surface area contributed by atoms with Crippen molar-refractivity contribution < 1.29 is 0 Å². The van der Waals surface area contributed by atoms with Crippen LogP contribution >= 0.6 is 22.7 Å². The highest BCUT2D eigenvalue weighted by Gasteiger charge is 2.10. The van der Waals surface area contributed by atoms with Crippen LogP contribution in [0.4, 0.5) is 0 Å². The number of hydrogen-bond donors (Lipinski definition) is 1. The highest BCUT2D eigenvalue weighted by molar-refractivity contribution is 7.26. The first kappa shape index (κ1) is 11.7. The number of nitrogens with one attached hydrogen (secondary N) is 1. The maximum Gasteiger partial charge on any atom is 0.0453 e. The van der Waals surface area contributed by atoms with E-state index in [4.69, 9.17) is 0 Å². The summed E-state index contributed by atoms with van der Waals surface area (Å²) < 4.78 is 2.87. The van der Waals surface area contributed by atoms with E-state index < -0.39 is 0 Å². The van der Waals surface area contributed by atoms with Gasteiger partial charge in [0.25, 0.3) is 0 Å². The van der Waals surface area contributed by atoms with Gasteiger partial charge >= 0.3 is 0 Å². The Morgan fingerprint density at radius 2 is 2.12 bits per heavy atom. The van der Waals surface area contributed by atoms with Crippen LogP contribution in [0.3, 0.4) is 0 Å². The molecule has 0 atom stereocenters. The monoisotopic (exact) mass is 266 g/mol. The molecule has 0 amide bonds. The summed E-state index contributed by atoms with van der Waals surface area (Å²) in [6.45, 7) is 5.96. The molecule has 1 aliphatic rings. The molecule has 0 spiro atoms. The van der Waals surface area contributed by atoms with E-state index in [2.05, 4.69) is 27.7 Å². The second-order valence-corrected chi connectivity index (χ2v) is 6.70. The van der Waals surface area contributed by atoms with Crippen molar-refractivity contribution >= 4 is 32.1 Å². The van der Waals surface area contributed by atoms with E-state index in [0.29, 0.717) is 0 Å². The molecular formula is C13H18N2S2. The molecule has 92 valence electrons. The fraction of sp³-hybridized carbons (Fsp3) is 0.538. The molecule has 0 radical (unpaired) electrons. The van der Waals surface area contributed by atoms with Gasteiger partial charge in [-0.15, -0.1) is 22.7 Å². The van der Waals surface area contributed by atoms with Crippen LogP contribution in [-0.4, -0.2) is 31.1 Å². The third-order valence-electron chi connectivity index (χ3n) is 3.29. The Bertz CT molecular complexity index is 440. The molecule has 2 nitrogen and oxygen atoms in total. The van der Waals surface area contributed by atoms with Gasteiger partial charge in [0, 0.05) is 33.9 Å². The Morgan fingerprint density at radius 3 is 2.94 bits per heavy atom. The average molecular weight is 266 g/mol. The molecule has 3 rings (SSSR count). The van der Waals surface area contributed by atoms with Gasteiger partial charge in [0.2, 0.25) is 0 Å². The van der Waals surface area contributed by atoms with Gasteiger partial charge in [0.05, 0.1) is 0 Å². The standard InChI is InChI=1S/C13H18N2S2/c1-2-6-15(5-1)7-4-14-10-11-9-13-12(17-11)3-8-16-13/h3,8-9,14H,1-2,4-7,10H2. The lowest BCUT2D eigenvalue weighted by Crippen LogP contribution is -2.29. The van der Waals surface area contributed by atoms with E-state index in [0.717, 1.165) is 13.1 Å². The van der Waals surface area contributed by atoms with Crippen molar-refractivity contribution in [3.05, 3.63) is 22.4 Å². The minimum atomic E-state index is 1.03. The molecule has 2 aromatic heterocycles. The fourth-order valence-corrected chi connectivity index (χ4v) is 4.46. The van der Waals surface area contributed by atoms with E-state index in [1.54, 1.807) is 0 Å². The van der Waals surface area contributed by atoms with Crippen molar-refractivity contribution in [1.82, 2.24) is 10.2 Å². The van der Waals surface area contributed by atoms with Crippen LogP contribution in [0.2, 0.25) is 0 Å². The predicted octanol–water partition coefficient (Wildman–Crippen LogP) is 3.15. The lowest BCUT2D eigenvalue weighted by molar-refractivity contribution is 0.336. The summed E-state index contributed by atoms with van der Waals surface area (Å²) in [6, 6.07) is 4.55. The predicted molar refractivity (Wildman–Crippen MR) is 77.1 cm³/mol. The van der Waals surface area contributed by atoms with Gasteiger partial charge in [-0.25, -0.2) is 0 Å². The summed E-state index contributed by atoms with van der Waals surface area (Å²) in [5.41, 5.74) is 0. The van der Waals surface area contributed by atoms with Gasteiger partial charge in [0.15, 0.2) is 0 Å². The average Bonchev–Trinajstić information content (AvgIpc) is 3.00. The molecule has 2 aromatic rings. The van der Waals surface area contributed by atoms with Gasteiger partial charge in [-0.05, 0) is 43.4 Å². The van der Waals surface area contributed by atoms with Gasteiger partial charge in [-0.1, -0.05) is 0 Å². The molecular weight excluding hydrogens is 248 g/mol. The zero-order chi connectivity index (χ0) is 11.5. The molecule has 1 aliphatic heterocycles. The summed E-state index contributed by atoms with van der Waals surface area (Å²) >= 11 is 3.76. The highest BCUT2D eigenvalue weighted by atomic mass is 32.1. The molecule has 0 aliphatic carbocycles. The second kappa shape index (κ2) is 5.48. The van der Waals surface area contributed by atoms with E-state index >= 15 is 0 Å². The molecule has 0 unspecified atom stereocenters. The SMILES string of the molecule is c1cc2sc(CNCCN3CCCC3)cc2s1. The number of thiophene rings is 2. The third-order valence-corrected chi connectivity index (χ3v) is 5.39. The smallest absolute Gasteiger partial charge is 0.0453 e. The molecule has 1 N–H and O–H groups in total. The fourth-order valence-electron chi connectivity index (χ4n) is 2.36. The molecule has 1 fully saturated rings. The summed E-state index contributed by atoms with van der Waals surface area (Å²) in [4.78, 5) is 4.02. The lowest BCUT2D eigenvalue weighted by Gasteiger charge is -2.14. The number of fused-ring (bicyclic) bond motifs is 1. The molecule has 0 saturated carbocycles. The molecule has 4 heteroatoms. The Hall–Kier alpha value is -0.420. The van der Waals surface area contributed by atoms with Crippen molar-refractivity contribution in [3.63, 3.8) is 0 Å². The summed E-state index contributed by atoms with van der Waals surface area (Å²) in [5, 5.41) is 5.73. The van der Waals surface area contributed by atoms with Crippen LogP contribution in [0.25, 0.3) is 9.40 Å². The first-order valence-corrected chi connectivity index (χ1v) is 8.00. The zero-order valence-electron chi connectivity index (χ0n) is 9.95. The van der Waals surface area contributed by atoms with Crippen molar-refractivity contribution in [3.8, 4) is 0 Å². The van der Waals surface area contributed by atoms with Crippen molar-refractivity contribution in [2.24, 2.45) is 0 Å². The minimum Gasteiger partial charge on any atom is -0.311 e. The summed E-state index contributed by atoms with van der Waals surface area (Å²) in [7, 11) is 0. The maximum atomic E-state index is 3.55. The number of nitrogens with zero attached hydrogens (tertiary/aromatic N) is 1. The van der Waals surface area contributed by atoms with Gasteiger partial charge in [-0.3, -0.25) is 0 Å². The quantitative estimate of drug-likeness (QED) is 0.836. The number of rotatable bonds is 5. The number of hydrogen-bond acceptors (Lipinski definition) is 4. The Kier molecular flexibility index (Phi) is 3.76. The summed E-state index contributed by atoms with van der Waals surface area (Å²) in [6.07, 6.45) is 2.78. The maximum absolute atomic E-state index is 3.55. The third kappa shape index (κ3) is 2.88. The Labute approximate surface area is 110 Å². The summed E-state index contributed by atoms with van der Waals surface area (Å²) in [5.74, 6) is 0. The first-order valence-electron chi connectivity index (χ1n) is 6.31. The molecule has 0 bridgehead atoms. The van der Waals surface area contributed by atoms with Crippen LogP contribution in [0.15, 0.2) is 17.5 Å². The van der Waals surface area contributed by atoms with Crippen LogP contribution in [0.1, 0.15) is 17.7 Å². The number of likely N-dealkylation sites (tertiary alicyclic amines) is 1. The Morgan fingerprint density at radius 1 is 1.24 bits per heavy atom. The van der Waals surface area contributed by atoms with Crippen molar-refractivity contribution in [2.45, 2.75) is 19.4 Å². The van der Waals surface area contributed by atoms with Crippen molar-refractivity contribution in [2.75, 3.05) is 26.2 Å². The van der Waals surface area contributed by atoms with E-state index in [1.165, 1.54) is 46.8 Å². The largest absolute Gasteiger partial charge is 0.311 e. The van der Waals surface area contributed by atoms with E-state index in [9.17, 15) is 0 Å². The van der Waals surface area contributed by atoms with E-state index in [-0.39, 0.29) is 0 Å². The van der Waals surface area contributed by atoms with Crippen LogP contribution in [0.5, 0.6) is 0 Å². The molecule has 17 heavy (non-hydrogen) atoms. The lowest BCUT2D eigenvalue weighted by atomic mass is 10.4. The zero-order valence-corrected chi connectivity index (χ0v) is 11.6. The first-order chi connectivity index (χ1) is 8.42. The topological polar surface area (TPSA) is 15.3 Å². The second-order valence-electron chi connectivity index (χ2n) is 4.59. The molecule has 3 heterocycles.